The van der Waals surface area contributed by atoms with Gasteiger partial charge in [-0.2, -0.15) is 0 Å². The summed E-state index contributed by atoms with van der Waals surface area (Å²) < 4.78 is 16.7. The van der Waals surface area contributed by atoms with Crippen LogP contribution >= 0.6 is 0 Å². The zero-order valence-electron chi connectivity index (χ0n) is 20.3. The summed E-state index contributed by atoms with van der Waals surface area (Å²) in [5.41, 5.74) is 2.57. The molecule has 2 aromatic rings. The number of methoxy groups -OCH3 is 3. The summed E-state index contributed by atoms with van der Waals surface area (Å²) in [6.07, 6.45) is 1.94. The van der Waals surface area contributed by atoms with E-state index in [1.165, 1.54) is 11.1 Å². The maximum atomic E-state index is 5.60. The molecule has 0 amide bonds. The van der Waals surface area contributed by atoms with Gasteiger partial charge < -0.3 is 14.2 Å². The summed E-state index contributed by atoms with van der Waals surface area (Å²) in [5, 5.41) is 4.96. The average Bonchev–Trinajstić information content (AvgIpc) is 2.84. The van der Waals surface area contributed by atoms with Crippen molar-refractivity contribution in [3.8, 4) is 17.2 Å². The summed E-state index contributed by atoms with van der Waals surface area (Å²) >= 11 is 0. The minimum atomic E-state index is 0.402. The molecule has 1 aliphatic heterocycles. The molecular formula is C26H39N3O3. The number of hydrogen-bond donors (Lipinski definition) is 0. The number of nitrogens with zero attached hydrogens (tertiary/aromatic N) is 3. The zero-order valence-corrected chi connectivity index (χ0v) is 20.3. The molecule has 1 saturated heterocycles. The Bertz CT molecular complexity index is 793. The SMILES string of the molecule is CCN(CC)N1CCN(C(Cc2ccccc2)Cc2cc(OC)c(OC)c(OC)c2)CC1. The quantitative estimate of drug-likeness (QED) is 0.529. The third kappa shape index (κ3) is 5.94. The Kier molecular flexibility index (Phi) is 9.21. The molecule has 3 rings (SSSR count). The van der Waals surface area contributed by atoms with E-state index in [9.17, 15) is 0 Å². The second-order valence-corrected chi connectivity index (χ2v) is 8.21. The topological polar surface area (TPSA) is 37.4 Å². The molecule has 0 bridgehead atoms. The predicted octanol–water partition coefficient (Wildman–Crippen LogP) is 3.74. The normalized spacial score (nSPS) is 16.2. The lowest BCUT2D eigenvalue weighted by Crippen LogP contribution is -2.56. The van der Waals surface area contributed by atoms with Gasteiger partial charge in [-0.3, -0.25) is 4.90 Å². The largest absolute Gasteiger partial charge is 0.493 e. The highest BCUT2D eigenvalue weighted by Gasteiger charge is 2.27. The molecule has 1 atom stereocenters. The van der Waals surface area contributed by atoms with Crippen LogP contribution in [0, 0.1) is 0 Å². The first kappa shape index (κ1) is 24.4. The summed E-state index contributed by atoms with van der Waals surface area (Å²) in [4.78, 5) is 2.65. The molecule has 1 unspecified atom stereocenters. The van der Waals surface area contributed by atoms with Gasteiger partial charge >= 0.3 is 0 Å². The third-order valence-corrected chi connectivity index (χ3v) is 6.45. The lowest BCUT2D eigenvalue weighted by Gasteiger charge is -2.43. The van der Waals surface area contributed by atoms with Crippen LogP contribution in [-0.4, -0.2) is 81.6 Å². The van der Waals surface area contributed by atoms with Gasteiger partial charge in [-0.05, 0) is 36.1 Å². The number of hydrogen-bond acceptors (Lipinski definition) is 6. The molecule has 32 heavy (non-hydrogen) atoms. The fraction of sp³-hybridized carbons (Fsp3) is 0.538. The van der Waals surface area contributed by atoms with E-state index in [2.05, 4.69) is 71.2 Å². The van der Waals surface area contributed by atoms with Crippen molar-refractivity contribution in [3.05, 3.63) is 53.6 Å². The van der Waals surface area contributed by atoms with Gasteiger partial charge in [0.2, 0.25) is 5.75 Å². The molecule has 6 nitrogen and oxygen atoms in total. The van der Waals surface area contributed by atoms with Crippen LogP contribution in [0.1, 0.15) is 25.0 Å². The van der Waals surface area contributed by atoms with E-state index in [-0.39, 0.29) is 0 Å². The minimum Gasteiger partial charge on any atom is -0.493 e. The molecule has 176 valence electrons. The Morgan fingerprint density at radius 3 is 1.84 bits per heavy atom. The van der Waals surface area contributed by atoms with Gasteiger partial charge in [-0.15, -0.1) is 0 Å². The second kappa shape index (κ2) is 12.1. The number of hydrazine groups is 1. The van der Waals surface area contributed by atoms with Crippen LogP contribution in [0.5, 0.6) is 17.2 Å². The smallest absolute Gasteiger partial charge is 0.203 e. The van der Waals surface area contributed by atoms with Crippen molar-refractivity contribution in [2.45, 2.75) is 32.7 Å². The van der Waals surface area contributed by atoms with E-state index in [0.29, 0.717) is 23.3 Å². The van der Waals surface area contributed by atoms with E-state index in [1.54, 1.807) is 21.3 Å². The van der Waals surface area contributed by atoms with Crippen molar-refractivity contribution in [1.82, 2.24) is 14.9 Å². The summed E-state index contributed by atoms with van der Waals surface area (Å²) in [5.74, 6) is 2.07. The molecule has 1 heterocycles. The molecule has 0 N–H and O–H groups in total. The van der Waals surface area contributed by atoms with Gasteiger partial charge in [0, 0.05) is 45.3 Å². The van der Waals surface area contributed by atoms with Crippen molar-refractivity contribution in [1.29, 1.82) is 0 Å². The molecule has 1 fully saturated rings. The number of rotatable bonds is 11. The number of piperazine rings is 1. The van der Waals surface area contributed by atoms with Crippen LogP contribution in [0.15, 0.2) is 42.5 Å². The maximum Gasteiger partial charge on any atom is 0.203 e. The molecule has 0 saturated carbocycles. The molecule has 0 spiro atoms. The number of benzene rings is 2. The van der Waals surface area contributed by atoms with Crippen LogP contribution in [-0.2, 0) is 12.8 Å². The minimum absolute atomic E-state index is 0.402. The molecule has 2 aromatic carbocycles. The van der Waals surface area contributed by atoms with Crippen molar-refractivity contribution in [2.24, 2.45) is 0 Å². The first-order chi connectivity index (χ1) is 15.6. The van der Waals surface area contributed by atoms with Crippen molar-refractivity contribution in [3.63, 3.8) is 0 Å². The Balaban J connectivity index is 1.81. The summed E-state index contributed by atoms with van der Waals surface area (Å²) in [6.45, 7) is 10.9. The van der Waals surface area contributed by atoms with Crippen LogP contribution in [0.2, 0.25) is 0 Å². The van der Waals surface area contributed by atoms with Gasteiger partial charge in [0.1, 0.15) is 0 Å². The highest BCUT2D eigenvalue weighted by Crippen LogP contribution is 2.38. The van der Waals surface area contributed by atoms with Crippen LogP contribution < -0.4 is 14.2 Å². The van der Waals surface area contributed by atoms with Gasteiger partial charge in [0.05, 0.1) is 21.3 Å². The Morgan fingerprint density at radius 2 is 1.34 bits per heavy atom. The summed E-state index contributed by atoms with van der Waals surface area (Å²) in [6, 6.07) is 15.4. The predicted molar refractivity (Wildman–Crippen MR) is 130 cm³/mol. The number of ether oxygens (including phenoxy) is 3. The van der Waals surface area contributed by atoms with Crippen LogP contribution in [0.25, 0.3) is 0 Å². The maximum absolute atomic E-state index is 5.60. The van der Waals surface area contributed by atoms with Gasteiger partial charge in [0.25, 0.3) is 0 Å². The standard InChI is InChI=1S/C26H39N3O3/c1-6-28(7-2)29-15-13-27(14-16-29)23(17-21-11-9-8-10-12-21)18-22-19-24(30-3)26(32-5)25(20-22)31-4/h8-12,19-20,23H,6-7,13-18H2,1-5H3. The van der Waals surface area contributed by atoms with Gasteiger partial charge in [-0.25, -0.2) is 10.0 Å². The monoisotopic (exact) mass is 441 g/mol. The highest BCUT2D eigenvalue weighted by atomic mass is 16.5. The second-order valence-electron chi connectivity index (χ2n) is 8.21. The molecule has 0 aliphatic carbocycles. The van der Waals surface area contributed by atoms with E-state index < -0.39 is 0 Å². The molecule has 1 aliphatic rings. The van der Waals surface area contributed by atoms with Crippen LogP contribution in [0.4, 0.5) is 0 Å². The molecule has 0 radical (unpaired) electrons. The van der Waals surface area contributed by atoms with E-state index in [4.69, 9.17) is 14.2 Å². The lowest BCUT2D eigenvalue weighted by molar-refractivity contribution is -0.0577. The van der Waals surface area contributed by atoms with E-state index >= 15 is 0 Å². The Morgan fingerprint density at radius 1 is 0.781 bits per heavy atom. The van der Waals surface area contributed by atoms with Gasteiger partial charge in [0.15, 0.2) is 11.5 Å². The molecule has 6 heteroatoms. The molecule has 0 aromatic heterocycles. The zero-order chi connectivity index (χ0) is 22.9. The fourth-order valence-corrected chi connectivity index (χ4v) is 4.72. The highest BCUT2D eigenvalue weighted by molar-refractivity contribution is 5.54. The van der Waals surface area contributed by atoms with E-state index in [1.807, 2.05) is 0 Å². The Hall–Kier alpha value is -2.28. The van der Waals surface area contributed by atoms with Gasteiger partial charge in [-0.1, -0.05) is 44.2 Å². The van der Waals surface area contributed by atoms with Crippen molar-refractivity contribution in [2.75, 3.05) is 60.6 Å². The fourth-order valence-electron chi connectivity index (χ4n) is 4.72. The Labute approximate surface area is 193 Å². The van der Waals surface area contributed by atoms with E-state index in [0.717, 1.165) is 52.1 Å². The molecular weight excluding hydrogens is 402 g/mol. The average molecular weight is 442 g/mol. The first-order valence-electron chi connectivity index (χ1n) is 11.7. The van der Waals surface area contributed by atoms with Crippen molar-refractivity contribution >= 4 is 0 Å². The van der Waals surface area contributed by atoms with Crippen LogP contribution in [0.3, 0.4) is 0 Å². The first-order valence-corrected chi connectivity index (χ1v) is 11.7. The summed E-state index contributed by atoms with van der Waals surface area (Å²) in [7, 11) is 5.00. The lowest BCUT2D eigenvalue weighted by atomic mass is 9.96. The third-order valence-electron chi connectivity index (χ3n) is 6.45. The van der Waals surface area contributed by atoms with Crippen molar-refractivity contribution < 1.29 is 14.2 Å².